The third-order valence-corrected chi connectivity index (χ3v) is 4.15. The molecule has 1 aliphatic rings. The minimum absolute atomic E-state index is 0.0518. The van der Waals surface area contributed by atoms with Gasteiger partial charge in [-0.15, -0.1) is 11.3 Å². The number of hydrogen-bond donors (Lipinski definition) is 1. The van der Waals surface area contributed by atoms with Crippen LogP contribution in [0.1, 0.15) is 29.7 Å². The van der Waals surface area contributed by atoms with Crippen LogP contribution in [0.5, 0.6) is 0 Å². The van der Waals surface area contributed by atoms with Gasteiger partial charge in [-0.1, -0.05) is 24.3 Å². The van der Waals surface area contributed by atoms with Crippen molar-refractivity contribution in [2.45, 2.75) is 31.9 Å². The summed E-state index contributed by atoms with van der Waals surface area (Å²) in [7, 11) is 0. The summed E-state index contributed by atoms with van der Waals surface area (Å²) in [4.78, 5) is 5.53. The van der Waals surface area contributed by atoms with E-state index in [1.165, 1.54) is 29.9 Å². The van der Waals surface area contributed by atoms with Gasteiger partial charge in [-0.2, -0.15) is 0 Å². The molecule has 1 fully saturated rings. The molecule has 0 bridgehead atoms. The lowest BCUT2D eigenvalue weighted by molar-refractivity contribution is 0.151. The molecule has 1 aromatic heterocycles. The van der Waals surface area contributed by atoms with Crippen molar-refractivity contribution in [1.82, 2.24) is 10.3 Å². The minimum atomic E-state index is -2.41. The second-order valence-electron chi connectivity index (χ2n) is 4.71. The molecule has 2 nitrogen and oxygen atoms in total. The van der Waals surface area contributed by atoms with Gasteiger partial charge >= 0.3 is 0 Å². The van der Waals surface area contributed by atoms with Crippen molar-refractivity contribution in [3.8, 4) is 10.6 Å². The summed E-state index contributed by atoms with van der Waals surface area (Å²) in [6.07, 6.45) is 1.97. The number of benzene rings is 1. The molecule has 2 aromatic rings. The molecule has 19 heavy (non-hydrogen) atoms. The topological polar surface area (TPSA) is 24.9 Å². The molecule has 0 amide bonds. The monoisotopic (exact) mass is 280 g/mol. The van der Waals surface area contributed by atoms with Gasteiger partial charge in [-0.05, 0) is 12.8 Å². The molecule has 1 heterocycles. The van der Waals surface area contributed by atoms with Crippen LogP contribution in [0.25, 0.3) is 10.6 Å². The van der Waals surface area contributed by atoms with Gasteiger partial charge in [0.05, 0.1) is 0 Å². The fraction of sp³-hybridized carbons (Fsp3) is 0.357. The first-order valence-corrected chi connectivity index (χ1v) is 7.10. The molecule has 1 saturated carbocycles. The quantitative estimate of drug-likeness (QED) is 0.895. The fourth-order valence-corrected chi connectivity index (χ4v) is 2.69. The molecule has 0 atom stereocenters. The standard InChI is InChI=1S/C14H14F2N2S/c15-13(16)9-1-3-10(4-2-9)14-18-8-12(19-14)7-17-11-5-6-11/h1-4,8,11,13,17H,5-7H2. The van der Waals surface area contributed by atoms with Gasteiger partial charge in [0.25, 0.3) is 6.43 Å². The second-order valence-corrected chi connectivity index (χ2v) is 5.82. The predicted octanol–water partition coefficient (Wildman–Crippen LogP) is 4.00. The highest BCUT2D eigenvalue weighted by molar-refractivity contribution is 7.15. The molecule has 100 valence electrons. The molecule has 1 aliphatic carbocycles. The van der Waals surface area contributed by atoms with E-state index in [0.717, 1.165) is 17.1 Å². The zero-order valence-corrected chi connectivity index (χ0v) is 11.1. The fourth-order valence-electron chi connectivity index (χ4n) is 1.83. The van der Waals surface area contributed by atoms with Gasteiger partial charge in [0.2, 0.25) is 0 Å². The molecule has 3 rings (SSSR count). The van der Waals surface area contributed by atoms with Gasteiger partial charge in [0.1, 0.15) is 5.01 Å². The number of nitrogens with one attached hydrogen (secondary N) is 1. The van der Waals surface area contributed by atoms with Gasteiger partial charge in [-0.25, -0.2) is 13.8 Å². The molecule has 0 aliphatic heterocycles. The van der Waals surface area contributed by atoms with Crippen LogP contribution in [-0.4, -0.2) is 11.0 Å². The number of aromatic nitrogens is 1. The van der Waals surface area contributed by atoms with Gasteiger partial charge < -0.3 is 5.32 Å². The van der Waals surface area contributed by atoms with E-state index in [1.54, 1.807) is 23.5 Å². The number of halogens is 2. The summed E-state index contributed by atoms with van der Waals surface area (Å²) in [5.74, 6) is 0. The average Bonchev–Trinajstić information content (AvgIpc) is 3.13. The van der Waals surface area contributed by atoms with E-state index < -0.39 is 6.43 Å². The number of thiazole rings is 1. The molecular formula is C14H14F2N2S. The Bertz CT molecular complexity index is 547. The number of rotatable bonds is 5. The molecular weight excluding hydrogens is 266 g/mol. The van der Waals surface area contributed by atoms with Crippen LogP contribution in [0.2, 0.25) is 0 Å². The Morgan fingerprint density at radius 1 is 1.26 bits per heavy atom. The van der Waals surface area contributed by atoms with E-state index in [1.807, 2.05) is 6.20 Å². The van der Waals surface area contributed by atoms with Crippen molar-refractivity contribution in [2.75, 3.05) is 0 Å². The highest BCUT2D eigenvalue weighted by Crippen LogP contribution is 2.28. The maximum absolute atomic E-state index is 12.5. The van der Waals surface area contributed by atoms with Crippen molar-refractivity contribution >= 4 is 11.3 Å². The van der Waals surface area contributed by atoms with E-state index in [4.69, 9.17) is 0 Å². The summed E-state index contributed by atoms with van der Waals surface area (Å²) in [5.41, 5.74) is 0.947. The summed E-state index contributed by atoms with van der Waals surface area (Å²) < 4.78 is 24.9. The van der Waals surface area contributed by atoms with Crippen LogP contribution in [0, 0.1) is 0 Å². The third-order valence-electron chi connectivity index (χ3n) is 3.11. The Labute approximate surface area is 114 Å². The van der Waals surface area contributed by atoms with Crippen LogP contribution in [-0.2, 0) is 6.54 Å². The maximum atomic E-state index is 12.5. The minimum Gasteiger partial charge on any atom is -0.309 e. The normalized spacial score (nSPS) is 15.1. The highest BCUT2D eigenvalue weighted by atomic mass is 32.1. The first kappa shape index (κ1) is 12.7. The first-order chi connectivity index (χ1) is 9.22. The Kier molecular flexibility index (Phi) is 3.57. The Balaban J connectivity index is 1.70. The number of hydrogen-bond acceptors (Lipinski definition) is 3. The average molecular weight is 280 g/mol. The summed E-state index contributed by atoms with van der Waals surface area (Å²) in [6.45, 7) is 0.845. The van der Waals surface area contributed by atoms with Crippen LogP contribution in [0.3, 0.4) is 0 Å². The molecule has 0 saturated heterocycles. The summed E-state index contributed by atoms with van der Waals surface area (Å²) in [5, 5.41) is 4.32. The zero-order chi connectivity index (χ0) is 13.2. The molecule has 0 unspecified atom stereocenters. The van der Waals surface area contributed by atoms with Crippen molar-refractivity contribution in [2.24, 2.45) is 0 Å². The maximum Gasteiger partial charge on any atom is 0.263 e. The van der Waals surface area contributed by atoms with Crippen molar-refractivity contribution in [3.63, 3.8) is 0 Å². The van der Waals surface area contributed by atoms with Crippen molar-refractivity contribution < 1.29 is 8.78 Å². The van der Waals surface area contributed by atoms with E-state index in [0.29, 0.717) is 6.04 Å². The zero-order valence-electron chi connectivity index (χ0n) is 10.3. The SMILES string of the molecule is FC(F)c1ccc(-c2ncc(CNC3CC3)s2)cc1. The molecule has 0 radical (unpaired) electrons. The van der Waals surface area contributed by atoms with E-state index in [2.05, 4.69) is 10.3 Å². The Hall–Kier alpha value is -1.33. The molecule has 1 N–H and O–H groups in total. The molecule has 5 heteroatoms. The Morgan fingerprint density at radius 3 is 2.63 bits per heavy atom. The number of alkyl halides is 2. The van der Waals surface area contributed by atoms with Crippen LogP contribution >= 0.6 is 11.3 Å². The van der Waals surface area contributed by atoms with Crippen LogP contribution < -0.4 is 5.32 Å². The lowest BCUT2D eigenvalue weighted by Gasteiger charge is -2.00. The summed E-state index contributed by atoms with van der Waals surface area (Å²) in [6, 6.07) is 7.01. The first-order valence-electron chi connectivity index (χ1n) is 6.29. The van der Waals surface area contributed by atoms with E-state index >= 15 is 0 Å². The van der Waals surface area contributed by atoms with E-state index in [-0.39, 0.29) is 5.56 Å². The lowest BCUT2D eigenvalue weighted by atomic mass is 10.1. The highest BCUT2D eigenvalue weighted by Gasteiger charge is 2.20. The lowest BCUT2D eigenvalue weighted by Crippen LogP contribution is -2.14. The van der Waals surface area contributed by atoms with Crippen molar-refractivity contribution in [3.05, 3.63) is 40.9 Å². The van der Waals surface area contributed by atoms with Crippen LogP contribution in [0.4, 0.5) is 8.78 Å². The van der Waals surface area contributed by atoms with Gasteiger partial charge in [0.15, 0.2) is 0 Å². The largest absolute Gasteiger partial charge is 0.309 e. The predicted molar refractivity (Wildman–Crippen MR) is 72.4 cm³/mol. The second kappa shape index (κ2) is 5.35. The smallest absolute Gasteiger partial charge is 0.263 e. The van der Waals surface area contributed by atoms with Crippen molar-refractivity contribution in [1.29, 1.82) is 0 Å². The van der Waals surface area contributed by atoms with Crippen LogP contribution in [0.15, 0.2) is 30.5 Å². The Morgan fingerprint density at radius 2 is 2.00 bits per heavy atom. The summed E-state index contributed by atoms with van der Waals surface area (Å²) >= 11 is 1.61. The number of nitrogens with zero attached hydrogens (tertiary/aromatic N) is 1. The molecule has 0 spiro atoms. The molecule has 1 aromatic carbocycles. The van der Waals surface area contributed by atoms with Gasteiger partial charge in [-0.3, -0.25) is 0 Å². The van der Waals surface area contributed by atoms with Gasteiger partial charge in [0, 0.05) is 34.8 Å². The third kappa shape index (κ3) is 3.16. The van der Waals surface area contributed by atoms with E-state index in [9.17, 15) is 8.78 Å².